The van der Waals surface area contributed by atoms with Gasteiger partial charge < -0.3 is 8.83 Å². The molecule has 11 rings (SSSR count). The zero-order valence-electron chi connectivity index (χ0n) is 38.9. The number of rotatable bonds is 2. The number of fused-ring (bicyclic) bond motifs is 12. The van der Waals surface area contributed by atoms with E-state index >= 15 is 0 Å². The topological polar surface area (TPSA) is 61.9 Å². The Labute approximate surface area is 368 Å². The molecule has 0 saturated heterocycles. The van der Waals surface area contributed by atoms with Gasteiger partial charge in [-0.2, -0.15) is 0 Å². The average Bonchev–Trinajstić information content (AvgIpc) is 3.96. The van der Waals surface area contributed by atoms with Crippen molar-refractivity contribution >= 4 is 87.7 Å². The van der Waals surface area contributed by atoms with Gasteiger partial charge in [-0.1, -0.05) is 107 Å². The molecule has 6 heteroatoms. The zero-order valence-corrected chi connectivity index (χ0v) is 38.9. The van der Waals surface area contributed by atoms with Crippen molar-refractivity contribution in [1.29, 1.82) is 0 Å². The predicted molar refractivity (Wildman–Crippen MR) is 265 cm³/mol. The molecule has 6 nitrogen and oxygen atoms in total. The maximum absolute atomic E-state index is 6.63. The number of pyridine rings is 2. The SMILES string of the molecule is Cc1c2oc3ccc(-n4c5ccc(C(C)(C)C)cc5c5cc(C(C)(C)C)ccc54)nc3c2cc2c1oc1ccc(-n3c4ccc(C(C)(C)C)cc4c4cc(C(C)(C)C)ccc43)nc12. The van der Waals surface area contributed by atoms with E-state index in [0.29, 0.717) is 0 Å². The first kappa shape index (κ1) is 39.4. The van der Waals surface area contributed by atoms with E-state index in [1.807, 2.05) is 0 Å². The summed E-state index contributed by atoms with van der Waals surface area (Å²) in [4.78, 5) is 10.9. The van der Waals surface area contributed by atoms with E-state index in [1.165, 1.54) is 43.8 Å². The molecule has 316 valence electrons. The smallest absolute Gasteiger partial charge is 0.154 e. The van der Waals surface area contributed by atoms with Gasteiger partial charge >= 0.3 is 0 Å². The lowest BCUT2D eigenvalue weighted by atomic mass is 9.85. The highest BCUT2D eigenvalue weighted by atomic mass is 16.3. The van der Waals surface area contributed by atoms with Crippen LogP contribution >= 0.6 is 0 Å². The van der Waals surface area contributed by atoms with Crippen LogP contribution in [0.5, 0.6) is 0 Å². The van der Waals surface area contributed by atoms with E-state index in [1.54, 1.807) is 0 Å². The third-order valence-electron chi connectivity index (χ3n) is 13.5. The minimum atomic E-state index is 0.0168. The van der Waals surface area contributed by atoms with Gasteiger partial charge in [0.1, 0.15) is 33.8 Å². The van der Waals surface area contributed by atoms with E-state index in [0.717, 1.165) is 83.4 Å². The Morgan fingerprint density at radius 1 is 0.365 bits per heavy atom. The van der Waals surface area contributed by atoms with Crippen molar-refractivity contribution in [1.82, 2.24) is 19.1 Å². The molecule has 0 spiro atoms. The molecule has 0 fully saturated rings. The first-order valence-corrected chi connectivity index (χ1v) is 22.4. The maximum atomic E-state index is 6.63. The number of aromatic nitrogens is 4. The van der Waals surface area contributed by atoms with Crippen LogP contribution in [0.3, 0.4) is 0 Å². The number of nitrogens with zero attached hydrogens (tertiary/aromatic N) is 4. The molecule has 6 aromatic heterocycles. The van der Waals surface area contributed by atoms with E-state index in [4.69, 9.17) is 18.8 Å². The molecular weight excluding hydrogens is 773 g/mol. The largest absolute Gasteiger partial charge is 0.454 e. The Bertz CT molecular complexity index is 3340. The van der Waals surface area contributed by atoms with Crippen molar-refractivity contribution < 1.29 is 8.83 Å². The van der Waals surface area contributed by atoms with Crippen molar-refractivity contribution in [2.24, 2.45) is 0 Å². The summed E-state index contributed by atoms with van der Waals surface area (Å²) in [5.74, 6) is 1.70. The van der Waals surface area contributed by atoms with Crippen LogP contribution in [0, 0.1) is 6.92 Å². The molecule has 0 amide bonds. The summed E-state index contributed by atoms with van der Waals surface area (Å²) in [6.45, 7) is 29.4. The van der Waals surface area contributed by atoms with Crippen molar-refractivity contribution in [2.75, 3.05) is 0 Å². The van der Waals surface area contributed by atoms with Gasteiger partial charge in [0.15, 0.2) is 11.2 Å². The van der Waals surface area contributed by atoms with Crippen LogP contribution in [0.15, 0.2) is 112 Å². The number of hydrogen-bond donors (Lipinski definition) is 0. The minimum Gasteiger partial charge on any atom is -0.454 e. The molecule has 0 aliphatic carbocycles. The second kappa shape index (κ2) is 12.8. The standard InChI is InChI=1S/C57H56N4O2/c1-31-52-40(50-46(62-52)22-24-48(58-50)60-42-18-14-32(54(2,3)4)26-36(42)37-27-33(55(5,6)7)15-19-43(37)60)30-41-51-47(63-53(31)41)23-25-49(59-51)61-44-20-16-34(56(8,9)10)28-38(44)39-29-35(57(11,12)13)17-21-45(39)61/h14-30H,1-13H3. The lowest BCUT2D eigenvalue weighted by Crippen LogP contribution is -2.10. The molecule has 0 atom stereocenters. The van der Waals surface area contributed by atoms with Crippen molar-refractivity contribution in [3.05, 3.63) is 131 Å². The predicted octanol–water partition coefficient (Wildman–Crippen LogP) is 16.0. The number of furan rings is 2. The first-order chi connectivity index (χ1) is 29.6. The van der Waals surface area contributed by atoms with E-state index < -0.39 is 0 Å². The minimum absolute atomic E-state index is 0.0168. The van der Waals surface area contributed by atoms with E-state index in [9.17, 15) is 0 Å². The zero-order chi connectivity index (χ0) is 44.3. The third-order valence-corrected chi connectivity index (χ3v) is 13.5. The quantitative estimate of drug-likeness (QED) is 0.174. The Morgan fingerprint density at radius 2 is 0.667 bits per heavy atom. The highest BCUT2D eigenvalue weighted by Gasteiger charge is 2.25. The van der Waals surface area contributed by atoms with Gasteiger partial charge in [-0.15, -0.1) is 0 Å². The summed E-state index contributed by atoms with van der Waals surface area (Å²) >= 11 is 0. The van der Waals surface area contributed by atoms with E-state index in [-0.39, 0.29) is 21.7 Å². The molecule has 11 aromatic rings. The van der Waals surface area contributed by atoms with Crippen LogP contribution in [-0.4, -0.2) is 19.1 Å². The Morgan fingerprint density at radius 3 is 0.952 bits per heavy atom. The summed E-state index contributed by atoms with van der Waals surface area (Å²) < 4.78 is 17.9. The molecule has 6 heterocycles. The first-order valence-electron chi connectivity index (χ1n) is 22.4. The van der Waals surface area contributed by atoms with Gasteiger partial charge in [-0.05, 0) is 130 Å². The molecule has 63 heavy (non-hydrogen) atoms. The number of hydrogen-bond acceptors (Lipinski definition) is 4. The average molecular weight is 829 g/mol. The molecular formula is C57H56N4O2. The van der Waals surface area contributed by atoms with Crippen molar-refractivity contribution in [3.63, 3.8) is 0 Å². The van der Waals surface area contributed by atoms with Crippen LogP contribution < -0.4 is 0 Å². The molecule has 0 radical (unpaired) electrons. The second-order valence-corrected chi connectivity index (χ2v) is 22.1. The van der Waals surface area contributed by atoms with Crippen LogP contribution in [0.1, 0.15) is 111 Å². The summed E-state index contributed by atoms with van der Waals surface area (Å²) in [7, 11) is 0. The molecule has 0 aliphatic heterocycles. The summed E-state index contributed by atoms with van der Waals surface area (Å²) in [5.41, 5.74) is 15.4. The number of aryl methyl sites for hydroxylation is 1. The van der Waals surface area contributed by atoms with Crippen LogP contribution in [0.4, 0.5) is 0 Å². The third kappa shape index (κ3) is 5.97. The molecule has 0 aliphatic rings. The van der Waals surface area contributed by atoms with Gasteiger partial charge in [0.25, 0.3) is 0 Å². The van der Waals surface area contributed by atoms with E-state index in [2.05, 4.69) is 202 Å². The van der Waals surface area contributed by atoms with Crippen LogP contribution in [0.25, 0.3) is 99.4 Å². The Kier molecular flexibility index (Phi) is 8.04. The normalized spacial score (nSPS) is 13.5. The van der Waals surface area contributed by atoms with Gasteiger partial charge in [-0.3, -0.25) is 9.13 Å². The molecule has 5 aromatic carbocycles. The summed E-state index contributed by atoms with van der Waals surface area (Å²) in [5, 5.41) is 6.83. The van der Waals surface area contributed by atoms with Crippen LogP contribution in [0.2, 0.25) is 0 Å². The fourth-order valence-corrected chi connectivity index (χ4v) is 9.70. The second-order valence-electron chi connectivity index (χ2n) is 22.1. The summed E-state index contributed by atoms with van der Waals surface area (Å²) in [6.07, 6.45) is 0. The molecule has 0 N–H and O–H groups in total. The maximum Gasteiger partial charge on any atom is 0.154 e. The van der Waals surface area contributed by atoms with Crippen LogP contribution in [-0.2, 0) is 21.7 Å². The van der Waals surface area contributed by atoms with Gasteiger partial charge in [0, 0.05) is 37.9 Å². The van der Waals surface area contributed by atoms with Gasteiger partial charge in [0.05, 0.1) is 22.1 Å². The fraction of sp³-hybridized carbons (Fsp3) is 0.298. The number of benzene rings is 5. The lowest BCUT2D eigenvalue weighted by Gasteiger charge is -2.19. The van der Waals surface area contributed by atoms with Crippen molar-refractivity contribution in [2.45, 2.75) is 112 Å². The Balaban J connectivity index is 1.12. The molecule has 0 bridgehead atoms. The monoisotopic (exact) mass is 828 g/mol. The fourth-order valence-electron chi connectivity index (χ4n) is 9.70. The lowest BCUT2D eigenvalue weighted by molar-refractivity contribution is 0.590. The highest BCUT2D eigenvalue weighted by Crippen LogP contribution is 2.43. The van der Waals surface area contributed by atoms with Crippen molar-refractivity contribution in [3.8, 4) is 11.6 Å². The van der Waals surface area contributed by atoms with Gasteiger partial charge in [-0.25, -0.2) is 9.97 Å². The van der Waals surface area contributed by atoms with Gasteiger partial charge in [0.2, 0.25) is 0 Å². The molecule has 0 saturated carbocycles. The summed E-state index contributed by atoms with van der Waals surface area (Å²) in [6, 6.07) is 38.1. The highest BCUT2D eigenvalue weighted by molar-refractivity contribution is 6.16. The Hall–Kier alpha value is -6.40. The molecule has 0 unspecified atom stereocenters.